The van der Waals surface area contributed by atoms with Gasteiger partial charge in [0.25, 0.3) is 0 Å². The number of ether oxygens (including phenoxy) is 1. The van der Waals surface area contributed by atoms with Crippen molar-refractivity contribution in [3.8, 4) is 5.75 Å². The van der Waals surface area contributed by atoms with Gasteiger partial charge < -0.3 is 24.3 Å². The van der Waals surface area contributed by atoms with Gasteiger partial charge in [0.05, 0.1) is 18.7 Å². The van der Waals surface area contributed by atoms with Crippen molar-refractivity contribution >= 4 is 23.5 Å². The van der Waals surface area contributed by atoms with E-state index in [-0.39, 0.29) is 18.6 Å². The second-order valence-electron chi connectivity index (χ2n) is 7.74. The van der Waals surface area contributed by atoms with Crippen molar-refractivity contribution in [2.24, 2.45) is 12.5 Å². The zero-order chi connectivity index (χ0) is 18.2. The Kier molecular flexibility index (Phi) is 4.81. The molecular weight excluding hydrogens is 323 g/mol. The lowest BCUT2D eigenvalue weighted by molar-refractivity contribution is -0.0193. The number of fused-ring (bicyclic) bond motifs is 1. The van der Waals surface area contributed by atoms with Crippen LogP contribution in [-0.2, 0) is 16.4 Å². The Morgan fingerprint density at radius 2 is 1.92 bits per heavy atom. The lowest BCUT2D eigenvalue weighted by atomic mass is 9.75. The highest BCUT2D eigenvalue weighted by Gasteiger charge is 2.37. The summed E-state index contributed by atoms with van der Waals surface area (Å²) in [6, 6.07) is 3.72. The third-order valence-electron chi connectivity index (χ3n) is 4.28. The maximum absolute atomic E-state index is 9.57. The molecule has 1 saturated heterocycles. The molecule has 2 aromatic rings. The maximum Gasteiger partial charge on any atom is 0.497 e. The predicted octanol–water partition coefficient (Wildman–Crippen LogP) is 0.464. The Morgan fingerprint density at radius 1 is 1.28 bits per heavy atom. The quantitative estimate of drug-likeness (QED) is 0.764. The molecule has 2 N–H and O–H groups in total. The van der Waals surface area contributed by atoms with E-state index in [1.807, 2.05) is 19.3 Å². The van der Waals surface area contributed by atoms with Gasteiger partial charge in [0, 0.05) is 48.8 Å². The monoisotopic (exact) mass is 348 g/mol. The van der Waals surface area contributed by atoms with Crippen LogP contribution in [0.4, 0.5) is 0 Å². The Bertz CT molecular complexity index is 747. The summed E-state index contributed by atoms with van der Waals surface area (Å²) in [6.45, 7) is 6.31. The number of aryl methyl sites for hydroxylation is 1. The standard InChI is InChI=1S/C17H25BN2O5/c1-16(2)10-23-18(24-11-16)13-5-12-7-20(4)19-14(12)6-15(13)25-17(3,8-21)9-22/h5-7,21-22H,8-11H2,1-4H3. The molecule has 7 nitrogen and oxygen atoms in total. The van der Waals surface area contributed by atoms with E-state index in [9.17, 15) is 10.2 Å². The molecule has 1 aromatic carbocycles. The number of aliphatic hydroxyl groups is 2. The molecule has 3 rings (SSSR count). The van der Waals surface area contributed by atoms with E-state index in [0.29, 0.717) is 19.0 Å². The topological polar surface area (TPSA) is 86.0 Å². The van der Waals surface area contributed by atoms with Crippen molar-refractivity contribution in [2.75, 3.05) is 26.4 Å². The molecule has 136 valence electrons. The van der Waals surface area contributed by atoms with Gasteiger partial charge in [0.15, 0.2) is 5.60 Å². The molecule has 1 aliphatic heterocycles. The summed E-state index contributed by atoms with van der Waals surface area (Å²) >= 11 is 0. The first-order chi connectivity index (χ1) is 11.8. The van der Waals surface area contributed by atoms with E-state index in [4.69, 9.17) is 14.0 Å². The first kappa shape index (κ1) is 18.2. The van der Waals surface area contributed by atoms with Gasteiger partial charge in [0.2, 0.25) is 0 Å². The normalized spacial score (nSPS) is 17.9. The lowest BCUT2D eigenvalue weighted by Crippen LogP contribution is -2.49. The average Bonchev–Trinajstić information content (AvgIpc) is 2.93. The molecule has 0 aliphatic carbocycles. The van der Waals surface area contributed by atoms with E-state index >= 15 is 0 Å². The van der Waals surface area contributed by atoms with Gasteiger partial charge in [-0.1, -0.05) is 13.8 Å². The molecule has 1 aromatic heterocycles. The molecule has 0 spiro atoms. The molecule has 25 heavy (non-hydrogen) atoms. The van der Waals surface area contributed by atoms with E-state index in [2.05, 4.69) is 18.9 Å². The number of rotatable bonds is 5. The van der Waals surface area contributed by atoms with Gasteiger partial charge in [-0.3, -0.25) is 4.68 Å². The molecular formula is C17H25BN2O5. The van der Waals surface area contributed by atoms with Crippen LogP contribution in [0, 0.1) is 5.41 Å². The molecule has 0 radical (unpaired) electrons. The third-order valence-corrected chi connectivity index (χ3v) is 4.28. The van der Waals surface area contributed by atoms with Gasteiger partial charge in [-0.2, -0.15) is 5.10 Å². The van der Waals surface area contributed by atoms with Crippen LogP contribution in [0.1, 0.15) is 20.8 Å². The lowest BCUT2D eigenvalue weighted by Gasteiger charge is -2.34. The molecule has 0 saturated carbocycles. The summed E-state index contributed by atoms with van der Waals surface area (Å²) < 4.78 is 19.5. The fourth-order valence-electron chi connectivity index (χ4n) is 2.72. The first-order valence-corrected chi connectivity index (χ1v) is 8.36. The fraction of sp³-hybridized carbons (Fsp3) is 0.588. The van der Waals surface area contributed by atoms with Gasteiger partial charge >= 0.3 is 7.12 Å². The van der Waals surface area contributed by atoms with E-state index in [1.165, 1.54) is 0 Å². The predicted molar refractivity (Wildman–Crippen MR) is 95.0 cm³/mol. The zero-order valence-corrected chi connectivity index (χ0v) is 15.2. The van der Waals surface area contributed by atoms with Crippen molar-refractivity contribution in [2.45, 2.75) is 26.4 Å². The van der Waals surface area contributed by atoms with Crippen LogP contribution in [0.25, 0.3) is 10.9 Å². The number of nitrogens with zero attached hydrogens (tertiary/aromatic N) is 2. The van der Waals surface area contributed by atoms with E-state index < -0.39 is 12.7 Å². The molecule has 0 atom stereocenters. The van der Waals surface area contributed by atoms with E-state index in [1.54, 1.807) is 17.7 Å². The molecule has 1 fully saturated rings. The number of hydrogen-bond acceptors (Lipinski definition) is 6. The number of benzene rings is 1. The number of aliphatic hydroxyl groups excluding tert-OH is 2. The van der Waals surface area contributed by atoms with Crippen LogP contribution < -0.4 is 10.2 Å². The maximum atomic E-state index is 9.57. The molecule has 1 aliphatic rings. The minimum Gasteiger partial charge on any atom is -0.483 e. The minimum atomic E-state index is -1.11. The molecule has 0 unspecified atom stereocenters. The fourth-order valence-corrected chi connectivity index (χ4v) is 2.72. The summed E-state index contributed by atoms with van der Waals surface area (Å²) in [7, 11) is 1.29. The highest BCUT2D eigenvalue weighted by atomic mass is 16.6. The minimum absolute atomic E-state index is 0.0410. The summed E-state index contributed by atoms with van der Waals surface area (Å²) in [6.07, 6.45) is 1.91. The molecule has 8 heteroatoms. The van der Waals surface area contributed by atoms with Crippen LogP contribution in [0.5, 0.6) is 5.75 Å². The third kappa shape index (κ3) is 3.82. The molecule has 0 bridgehead atoms. The van der Waals surface area contributed by atoms with Crippen LogP contribution in [0.15, 0.2) is 18.3 Å². The highest BCUT2D eigenvalue weighted by molar-refractivity contribution is 6.62. The molecule has 2 heterocycles. The second-order valence-corrected chi connectivity index (χ2v) is 7.74. The number of aromatic nitrogens is 2. The Labute approximate surface area is 147 Å². The van der Waals surface area contributed by atoms with Crippen LogP contribution in [-0.4, -0.2) is 59.1 Å². The zero-order valence-electron chi connectivity index (χ0n) is 15.2. The van der Waals surface area contributed by atoms with Crippen molar-refractivity contribution < 1.29 is 24.3 Å². The summed E-state index contributed by atoms with van der Waals surface area (Å²) in [5, 5.41) is 24.5. The number of hydrogen-bond donors (Lipinski definition) is 2. The summed E-state index contributed by atoms with van der Waals surface area (Å²) in [5.74, 6) is 0.488. The average molecular weight is 348 g/mol. The Balaban J connectivity index is 2.00. The smallest absolute Gasteiger partial charge is 0.483 e. The van der Waals surface area contributed by atoms with Crippen molar-refractivity contribution in [3.63, 3.8) is 0 Å². The van der Waals surface area contributed by atoms with E-state index in [0.717, 1.165) is 16.4 Å². The largest absolute Gasteiger partial charge is 0.497 e. The van der Waals surface area contributed by atoms with Gasteiger partial charge in [-0.05, 0) is 13.0 Å². The van der Waals surface area contributed by atoms with Gasteiger partial charge in [-0.25, -0.2) is 0 Å². The van der Waals surface area contributed by atoms with Crippen molar-refractivity contribution in [1.82, 2.24) is 9.78 Å². The van der Waals surface area contributed by atoms with Crippen LogP contribution in [0.3, 0.4) is 0 Å². The summed E-state index contributed by atoms with van der Waals surface area (Å²) in [4.78, 5) is 0. The van der Waals surface area contributed by atoms with Crippen LogP contribution >= 0.6 is 0 Å². The van der Waals surface area contributed by atoms with Crippen molar-refractivity contribution in [3.05, 3.63) is 18.3 Å². The first-order valence-electron chi connectivity index (χ1n) is 8.36. The molecule has 0 amide bonds. The Morgan fingerprint density at radius 3 is 2.52 bits per heavy atom. The highest BCUT2D eigenvalue weighted by Crippen LogP contribution is 2.26. The van der Waals surface area contributed by atoms with Gasteiger partial charge in [-0.15, -0.1) is 0 Å². The Hall–Kier alpha value is -1.61. The van der Waals surface area contributed by atoms with Gasteiger partial charge in [0.1, 0.15) is 5.75 Å². The van der Waals surface area contributed by atoms with Crippen LogP contribution in [0.2, 0.25) is 0 Å². The summed E-state index contributed by atoms with van der Waals surface area (Å²) in [5.41, 5.74) is 0.339. The second kappa shape index (κ2) is 6.61. The SMILES string of the molecule is Cn1cc2cc(B3OCC(C)(C)CO3)c(OC(C)(CO)CO)cc2n1. The van der Waals surface area contributed by atoms with Crippen molar-refractivity contribution in [1.29, 1.82) is 0 Å².